The Morgan fingerprint density at radius 3 is 1.24 bits per heavy atom. The number of nitrogens with one attached hydrogen (secondary N) is 1. The standard InChI is InChI=1S/C52H66N8O7.C19H24N2O2.C18H22N2O2.C11H15Br.C8H9ClN2O2/c1-31-25-44(63)49(60(7)51(65)37(18-20-54)30-43(62)48-32(2)57-47(58-33(48)3)28-34-10-14-38(15-11-34)52(4,5)6)36-13-17-46(67-24-22-56)40(29-36)39-26-35(12-16-45(39)66-23-21-55)27-41(59-50(31)64)42(61)9-8-19-53;1-12-17(18(22)23-6)13(2)21-16(20-12)11-14-7-9-15(10-8-14)19(3,4)5;1-11-16(17(21)22)12(2)20-15(19-11)10-13-6-8-14(9-7-13)18(3,4)5;1-11(2,3)10-6-4-9(8-12)5-7-10;1-4-6(7(12)13-3)5(2)11-8(9)10-4/h10-17,26,29,31,37,41,49H,8-9,18,20-25,27-28,30,54-56H2,1-7H3,(H,59,64);7-10H,11H2,1-6H3;6-9H,10H2,1-5H3,(H,21,22);4-7H,8H2,1-3H3;1-3H3/t31-,37-,41+,49+;;;;/m1..../s1. The smallest absolute Gasteiger partial charge is 0.341 e. The van der Waals surface area contributed by atoms with Crippen LogP contribution in [-0.2, 0) is 81.3 Å². The summed E-state index contributed by atoms with van der Waals surface area (Å²) in [7, 11) is 4.19. The first kappa shape index (κ1) is 112. The number of carboxylic acid groups (broad SMARTS) is 1. The Morgan fingerprint density at radius 1 is 0.518 bits per heavy atom. The number of rotatable bonds is 26. The number of amides is 2. The Kier molecular flexibility index (Phi) is 41.4. The summed E-state index contributed by atoms with van der Waals surface area (Å²) in [5.74, 6) is -2.99. The molecule has 4 bridgehead atoms. The third-order valence-electron chi connectivity index (χ3n) is 23.3. The Morgan fingerprint density at radius 2 is 0.883 bits per heavy atom. The number of hydrogen-bond donors (Lipinski definition) is 5. The van der Waals surface area contributed by atoms with Crippen LogP contribution in [0.25, 0.3) is 11.1 Å². The molecule has 137 heavy (non-hydrogen) atoms. The van der Waals surface area contributed by atoms with Gasteiger partial charge in [0, 0.05) is 93.4 Å². The van der Waals surface area contributed by atoms with Crippen LogP contribution >= 0.6 is 27.5 Å². The Hall–Kier alpha value is -12.3. The van der Waals surface area contributed by atoms with E-state index >= 15 is 0 Å². The van der Waals surface area contributed by atoms with Crippen molar-refractivity contribution in [1.29, 1.82) is 5.26 Å². The van der Waals surface area contributed by atoms with Gasteiger partial charge < -0.3 is 51.5 Å². The molecule has 0 aliphatic carbocycles. The molecule has 1 aliphatic heterocycles. The molecule has 4 aromatic heterocycles. The predicted octanol–water partition coefficient (Wildman–Crippen LogP) is 18.4. The van der Waals surface area contributed by atoms with E-state index in [1.165, 1.54) is 54.0 Å². The number of aryl methyl sites for hydroxylation is 8. The molecule has 5 heterocycles. The first-order valence-electron chi connectivity index (χ1n) is 45.9. The summed E-state index contributed by atoms with van der Waals surface area (Å²) in [5, 5.41) is 22.3. The maximum Gasteiger partial charge on any atom is 0.341 e. The van der Waals surface area contributed by atoms with Gasteiger partial charge in [-0.1, -0.05) is 215 Å². The zero-order chi connectivity index (χ0) is 102. The van der Waals surface area contributed by atoms with E-state index in [0.717, 1.165) is 27.8 Å². The van der Waals surface area contributed by atoms with Gasteiger partial charge in [0.25, 0.3) is 0 Å². The molecule has 11 rings (SSSR count). The number of carboxylic acids is 1. The van der Waals surface area contributed by atoms with Crippen molar-refractivity contribution in [3.8, 4) is 28.7 Å². The highest BCUT2D eigenvalue weighted by atomic mass is 79.9. The number of nitriles is 1. The summed E-state index contributed by atoms with van der Waals surface area (Å²) in [4.78, 5) is 141. The van der Waals surface area contributed by atoms with E-state index in [0.29, 0.717) is 127 Å². The largest absolute Gasteiger partial charge is 0.492 e. The first-order valence-corrected chi connectivity index (χ1v) is 47.4. The maximum atomic E-state index is 14.8. The number of hydrogen-bond acceptors (Lipinski definition) is 24. The number of methoxy groups -OCH3 is 2. The van der Waals surface area contributed by atoms with Gasteiger partial charge in [-0.2, -0.15) is 5.26 Å². The molecule has 0 saturated heterocycles. The maximum absolute atomic E-state index is 14.8. The summed E-state index contributed by atoms with van der Waals surface area (Å²) in [6, 6.07) is 44.3. The number of esters is 2. The van der Waals surface area contributed by atoms with Gasteiger partial charge in [-0.15, -0.1) is 0 Å². The van der Waals surface area contributed by atoms with Crippen molar-refractivity contribution in [3.63, 3.8) is 0 Å². The SMILES string of the molecule is CC(C)(C)c1ccc(CBr)cc1.COC(=O)c1c(C)nc(Cc2ccc(C(C)(C)C)cc2)nc1C.COC(=O)c1c(C)nc(Cl)nc1C.Cc1nc(Cc2ccc(C(C)(C)C)cc2)nc(C)c1C(=O)C[C@@H](CCN)C(=O)N(C)[C@@H]1C(=O)C[C@@H](C)C(=O)N[C@H](C(=O)CCC#N)Cc2ccc(OCCN)c(c2)-c2cc1ccc2OCCN.Cc1nc(Cc2ccc(C(C)(C)C)cc2)nc(C)c1C(=O)O. The number of ether oxygens (including phenoxy) is 4. The summed E-state index contributed by atoms with van der Waals surface area (Å²) in [6.45, 7) is 42.7. The fraction of sp³-hybridized carbons (Fsp3) is 0.435. The monoisotopic (exact) mass is 1950 g/mol. The molecule has 0 spiro atoms. The topological polar surface area (TPSA) is 414 Å². The number of carbonyl (C=O) groups excluding carboxylic acids is 7. The third-order valence-corrected chi connectivity index (χ3v) is 24.1. The molecule has 29 heteroatoms. The van der Waals surface area contributed by atoms with E-state index in [1.54, 1.807) is 78.8 Å². The number of Topliss-reactive ketones (excluding diaryl/α,β-unsaturated/α-hetero) is 3. The summed E-state index contributed by atoms with van der Waals surface area (Å²) >= 11 is 9.03. The lowest BCUT2D eigenvalue weighted by atomic mass is 9.86. The second-order valence-electron chi connectivity index (χ2n) is 38.4. The van der Waals surface area contributed by atoms with Crippen molar-refractivity contribution in [2.75, 3.05) is 54.1 Å². The van der Waals surface area contributed by atoms with E-state index in [-0.39, 0.29) is 121 Å². The number of alkyl halides is 1. The van der Waals surface area contributed by atoms with Crippen molar-refractivity contribution in [1.82, 2.24) is 50.1 Å². The highest BCUT2D eigenvalue weighted by molar-refractivity contribution is 9.08. The van der Waals surface area contributed by atoms with Crippen molar-refractivity contribution >= 4 is 74.6 Å². The number of ketones is 3. The number of aromatic nitrogens is 8. The molecule has 27 nitrogen and oxygen atoms in total. The molecule has 2 amide bonds. The summed E-state index contributed by atoms with van der Waals surface area (Å²) < 4.78 is 21.6. The van der Waals surface area contributed by atoms with Gasteiger partial charge in [0.2, 0.25) is 17.1 Å². The average molecular weight is 1950 g/mol. The molecule has 0 radical (unpaired) electrons. The average Bonchev–Trinajstić information content (AvgIpc) is 0.774. The van der Waals surface area contributed by atoms with Crippen LogP contribution < -0.4 is 32.0 Å². The molecular formula is C108H136BrClN14O13. The second kappa shape index (κ2) is 50.7. The van der Waals surface area contributed by atoms with Crippen LogP contribution in [0.15, 0.2) is 133 Å². The predicted molar refractivity (Wildman–Crippen MR) is 539 cm³/mol. The highest BCUT2D eigenvalue weighted by Crippen LogP contribution is 2.42. The number of aromatic carboxylic acids is 1. The molecule has 730 valence electrons. The van der Waals surface area contributed by atoms with Crippen LogP contribution in [0.5, 0.6) is 11.5 Å². The van der Waals surface area contributed by atoms with Gasteiger partial charge in [0.1, 0.15) is 64.9 Å². The van der Waals surface area contributed by atoms with Crippen molar-refractivity contribution < 1.29 is 62.4 Å². The van der Waals surface area contributed by atoms with Crippen LogP contribution in [0.1, 0.15) is 288 Å². The summed E-state index contributed by atoms with van der Waals surface area (Å²) in [5.41, 5.74) is 36.1. The molecule has 0 unspecified atom stereocenters. The number of carbonyl (C=O) groups is 8. The van der Waals surface area contributed by atoms with Crippen LogP contribution in [0, 0.1) is 78.6 Å². The van der Waals surface area contributed by atoms with Gasteiger partial charge in [-0.25, -0.2) is 54.3 Å². The van der Waals surface area contributed by atoms with Gasteiger partial charge in [-0.05, 0) is 188 Å². The Balaban J connectivity index is 0.000000291. The van der Waals surface area contributed by atoms with E-state index in [9.17, 15) is 43.6 Å². The molecule has 0 saturated carbocycles. The second-order valence-corrected chi connectivity index (χ2v) is 39.3. The minimum absolute atomic E-state index is 0.0154. The third kappa shape index (κ3) is 32.2. The molecule has 6 aromatic carbocycles. The molecular weight excluding hydrogens is 1820 g/mol. The number of halogens is 2. The lowest BCUT2D eigenvalue weighted by molar-refractivity contribution is -0.142. The minimum Gasteiger partial charge on any atom is -0.492 e. The van der Waals surface area contributed by atoms with Crippen molar-refractivity contribution in [2.45, 2.75) is 242 Å². The molecule has 0 fully saturated rings. The van der Waals surface area contributed by atoms with E-state index < -0.39 is 53.5 Å². The number of nitrogens with two attached hydrogens (primary N) is 3. The number of fused-ring (bicyclic) bond motifs is 5. The number of nitrogens with zero attached hydrogens (tertiary/aromatic N) is 10. The van der Waals surface area contributed by atoms with Gasteiger partial charge in [-0.3, -0.25) is 24.0 Å². The molecule has 4 atom stereocenters. The molecule has 10 aromatic rings. The van der Waals surface area contributed by atoms with Crippen LogP contribution in [0.4, 0.5) is 0 Å². The highest BCUT2D eigenvalue weighted by Gasteiger charge is 2.38. The summed E-state index contributed by atoms with van der Waals surface area (Å²) in [6.07, 6.45) is 1.34. The molecule has 1 aliphatic rings. The van der Waals surface area contributed by atoms with E-state index in [1.807, 2.05) is 26.0 Å². The van der Waals surface area contributed by atoms with E-state index in [2.05, 4.69) is 236 Å². The van der Waals surface area contributed by atoms with Crippen LogP contribution in [0.3, 0.4) is 0 Å². The fourth-order valence-electron chi connectivity index (χ4n) is 15.8. The first-order chi connectivity index (χ1) is 64.4. The zero-order valence-corrected chi connectivity index (χ0v) is 86.3. The van der Waals surface area contributed by atoms with Crippen molar-refractivity contribution in [2.24, 2.45) is 29.0 Å². The fourth-order valence-corrected chi connectivity index (χ4v) is 16.4. The lowest BCUT2D eigenvalue weighted by Gasteiger charge is -2.32. The van der Waals surface area contributed by atoms with Gasteiger partial charge in [0.05, 0.1) is 77.4 Å². The van der Waals surface area contributed by atoms with Crippen LogP contribution in [0.2, 0.25) is 5.28 Å². The van der Waals surface area contributed by atoms with E-state index in [4.69, 9.17) is 58.1 Å². The Bertz CT molecular complexity index is 5850. The van der Waals surface area contributed by atoms with Gasteiger partial charge >= 0.3 is 17.9 Å². The number of benzene rings is 6. The Labute approximate surface area is 821 Å². The quantitative estimate of drug-likeness (QED) is 0.0145. The number of likely N-dealkylation sites (N-methyl/N-ethyl adjacent to an activating group) is 1. The van der Waals surface area contributed by atoms with Gasteiger partial charge in [0.15, 0.2) is 17.3 Å². The minimum atomic E-state index is -1.24. The normalized spacial score (nSPS) is 13.9. The molecule has 8 N–H and O–H groups in total. The lowest BCUT2D eigenvalue weighted by Crippen LogP contribution is -2.46. The van der Waals surface area contributed by atoms with Crippen LogP contribution in [-0.4, -0.2) is 157 Å². The van der Waals surface area contributed by atoms with Crippen molar-refractivity contribution in [3.05, 3.63) is 280 Å². The zero-order valence-electron chi connectivity index (χ0n) is 83.9.